The van der Waals surface area contributed by atoms with Crippen molar-refractivity contribution in [1.29, 1.82) is 0 Å². The molecular weight excluding hydrogens is 397 g/mol. The molecule has 0 aliphatic heterocycles. The summed E-state index contributed by atoms with van der Waals surface area (Å²) in [5, 5.41) is 13.2. The van der Waals surface area contributed by atoms with E-state index in [-0.39, 0.29) is 28.7 Å². The van der Waals surface area contributed by atoms with Gasteiger partial charge in [-0.25, -0.2) is 14.4 Å². The third-order valence-corrected chi connectivity index (χ3v) is 6.49. The van der Waals surface area contributed by atoms with Gasteiger partial charge in [-0.15, -0.1) is 0 Å². The summed E-state index contributed by atoms with van der Waals surface area (Å²) in [5.74, 6) is -1.45. The SMILES string of the molecule is O=C(O)C1C2CCC(CC2)C1Nc1cc(-c2c[nH]c3ncc(Cl)nc23)ncc1F. The van der Waals surface area contributed by atoms with Crippen molar-refractivity contribution in [3.63, 3.8) is 0 Å². The number of carbonyl (C=O) groups is 1. The molecule has 0 aromatic carbocycles. The van der Waals surface area contributed by atoms with Gasteiger partial charge in [-0.1, -0.05) is 11.6 Å². The smallest absolute Gasteiger partial charge is 0.308 e. The van der Waals surface area contributed by atoms with E-state index < -0.39 is 17.7 Å². The summed E-state index contributed by atoms with van der Waals surface area (Å²) in [4.78, 5) is 27.6. The summed E-state index contributed by atoms with van der Waals surface area (Å²) < 4.78 is 14.6. The van der Waals surface area contributed by atoms with Crippen LogP contribution in [-0.2, 0) is 4.79 Å². The van der Waals surface area contributed by atoms with Gasteiger partial charge in [0, 0.05) is 17.8 Å². The molecule has 2 bridgehead atoms. The number of carboxylic acid groups (broad SMARTS) is 1. The highest BCUT2D eigenvalue weighted by molar-refractivity contribution is 6.29. The summed E-state index contributed by atoms with van der Waals surface area (Å²) in [6.45, 7) is 0. The first-order valence-electron chi connectivity index (χ1n) is 9.66. The second-order valence-electron chi connectivity index (χ2n) is 7.85. The maximum absolute atomic E-state index is 14.6. The van der Waals surface area contributed by atoms with Gasteiger partial charge in [-0.2, -0.15) is 0 Å². The zero-order chi connectivity index (χ0) is 20.1. The Morgan fingerprint density at radius 3 is 2.72 bits per heavy atom. The molecular formula is C20H19ClFN5O2. The predicted octanol–water partition coefficient (Wildman–Crippen LogP) is 4.11. The zero-order valence-electron chi connectivity index (χ0n) is 15.4. The molecule has 7 nitrogen and oxygen atoms in total. The van der Waals surface area contributed by atoms with E-state index in [0.29, 0.717) is 22.4 Å². The van der Waals surface area contributed by atoms with Crippen molar-refractivity contribution in [2.24, 2.45) is 17.8 Å². The van der Waals surface area contributed by atoms with Crippen LogP contribution in [0, 0.1) is 23.6 Å². The number of fused-ring (bicyclic) bond motifs is 4. The molecule has 0 radical (unpaired) electrons. The molecule has 2 atom stereocenters. The van der Waals surface area contributed by atoms with E-state index in [4.69, 9.17) is 11.6 Å². The number of halogens is 2. The third-order valence-electron chi connectivity index (χ3n) is 6.31. The van der Waals surface area contributed by atoms with Gasteiger partial charge < -0.3 is 15.4 Å². The van der Waals surface area contributed by atoms with Crippen molar-refractivity contribution in [3.8, 4) is 11.3 Å². The number of aromatic amines is 1. The molecule has 0 spiro atoms. The highest BCUT2D eigenvalue weighted by Crippen LogP contribution is 2.46. The Labute approximate surface area is 170 Å². The average molecular weight is 416 g/mol. The Morgan fingerprint density at radius 2 is 1.97 bits per heavy atom. The van der Waals surface area contributed by atoms with Gasteiger partial charge in [0.1, 0.15) is 10.7 Å². The second kappa shape index (κ2) is 6.95. The molecule has 6 rings (SSSR count). The third kappa shape index (κ3) is 3.11. The monoisotopic (exact) mass is 415 g/mol. The first-order valence-corrected chi connectivity index (χ1v) is 10.0. The highest BCUT2D eigenvalue weighted by Gasteiger charge is 2.47. The van der Waals surface area contributed by atoms with Crippen LogP contribution in [0.1, 0.15) is 25.7 Å². The number of aromatic nitrogens is 4. The van der Waals surface area contributed by atoms with Crippen molar-refractivity contribution >= 4 is 34.4 Å². The topological polar surface area (TPSA) is 104 Å². The number of nitrogens with one attached hydrogen (secondary N) is 2. The summed E-state index contributed by atoms with van der Waals surface area (Å²) >= 11 is 5.97. The number of rotatable bonds is 4. The normalized spacial score (nSPS) is 26.0. The van der Waals surface area contributed by atoms with E-state index in [1.54, 1.807) is 12.3 Å². The maximum Gasteiger partial charge on any atom is 0.308 e. The molecule has 3 aliphatic rings. The van der Waals surface area contributed by atoms with Crippen LogP contribution >= 0.6 is 11.6 Å². The lowest BCUT2D eigenvalue weighted by molar-refractivity contribution is -0.148. The van der Waals surface area contributed by atoms with E-state index in [9.17, 15) is 14.3 Å². The molecule has 29 heavy (non-hydrogen) atoms. The molecule has 3 aromatic heterocycles. The molecule has 3 heterocycles. The van der Waals surface area contributed by atoms with Crippen LogP contribution in [0.5, 0.6) is 0 Å². The number of nitrogens with zero attached hydrogens (tertiary/aromatic N) is 3. The number of hydrogen-bond donors (Lipinski definition) is 3. The number of pyridine rings is 1. The van der Waals surface area contributed by atoms with Gasteiger partial charge in [-0.05, 0) is 43.6 Å². The molecule has 3 aromatic rings. The van der Waals surface area contributed by atoms with E-state index in [1.807, 2.05) is 0 Å². The van der Waals surface area contributed by atoms with Gasteiger partial charge >= 0.3 is 5.97 Å². The molecule has 3 saturated carbocycles. The molecule has 3 N–H and O–H groups in total. The van der Waals surface area contributed by atoms with Gasteiger partial charge in [0.05, 0.1) is 29.7 Å². The first kappa shape index (κ1) is 18.3. The van der Waals surface area contributed by atoms with Crippen molar-refractivity contribution in [2.75, 3.05) is 5.32 Å². The fraction of sp³-hybridized carbons (Fsp3) is 0.400. The number of aliphatic carboxylic acids is 1. The summed E-state index contributed by atoms with van der Waals surface area (Å²) in [6.07, 6.45) is 8.10. The lowest BCUT2D eigenvalue weighted by Gasteiger charge is -2.47. The Bertz CT molecular complexity index is 1100. The Morgan fingerprint density at radius 1 is 1.21 bits per heavy atom. The highest BCUT2D eigenvalue weighted by atomic mass is 35.5. The first-order chi connectivity index (χ1) is 14.0. The van der Waals surface area contributed by atoms with Gasteiger partial charge in [0.2, 0.25) is 0 Å². The van der Waals surface area contributed by atoms with Crippen molar-refractivity contribution in [2.45, 2.75) is 31.7 Å². The van der Waals surface area contributed by atoms with Crippen LogP contribution in [-0.4, -0.2) is 37.1 Å². The van der Waals surface area contributed by atoms with Gasteiger partial charge in [0.15, 0.2) is 11.5 Å². The zero-order valence-corrected chi connectivity index (χ0v) is 16.2. The van der Waals surface area contributed by atoms with E-state index in [1.165, 1.54) is 6.20 Å². The number of H-pyrrole nitrogens is 1. The number of anilines is 1. The lowest BCUT2D eigenvalue weighted by Crippen LogP contribution is -2.51. The molecule has 3 aliphatic carbocycles. The quantitative estimate of drug-likeness (QED) is 0.592. The molecule has 9 heteroatoms. The summed E-state index contributed by atoms with van der Waals surface area (Å²) in [6, 6.07) is 1.31. The molecule has 3 fully saturated rings. The molecule has 2 unspecified atom stereocenters. The second-order valence-corrected chi connectivity index (χ2v) is 8.24. The van der Waals surface area contributed by atoms with Crippen molar-refractivity contribution in [3.05, 3.63) is 35.6 Å². The fourth-order valence-electron chi connectivity index (χ4n) is 4.95. The summed E-state index contributed by atoms with van der Waals surface area (Å²) in [7, 11) is 0. The minimum absolute atomic E-state index is 0.144. The van der Waals surface area contributed by atoms with Crippen molar-refractivity contribution in [1.82, 2.24) is 19.9 Å². The minimum atomic E-state index is -0.812. The maximum atomic E-state index is 14.6. The van der Waals surface area contributed by atoms with Gasteiger partial charge in [0.25, 0.3) is 0 Å². The molecule has 150 valence electrons. The van der Waals surface area contributed by atoms with Gasteiger partial charge in [-0.3, -0.25) is 9.78 Å². The Kier molecular flexibility index (Phi) is 4.38. The predicted molar refractivity (Wildman–Crippen MR) is 106 cm³/mol. The summed E-state index contributed by atoms with van der Waals surface area (Å²) in [5.41, 5.74) is 2.51. The Hall–Kier alpha value is -2.74. The average Bonchev–Trinajstić information content (AvgIpc) is 3.13. The van der Waals surface area contributed by atoms with E-state index in [0.717, 1.165) is 31.9 Å². The Balaban J connectivity index is 1.51. The van der Waals surface area contributed by atoms with Crippen LogP contribution in [0.3, 0.4) is 0 Å². The molecule has 0 amide bonds. The van der Waals surface area contributed by atoms with Crippen molar-refractivity contribution < 1.29 is 14.3 Å². The van der Waals surface area contributed by atoms with Crippen LogP contribution in [0.15, 0.2) is 24.7 Å². The van der Waals surface area contributed by atoms with Crippen LogP contribution in [0.2, 0.25) is 5.15 Å². The minimum Gasteiger partial charge on any atom is -0.481 e. The lowest BCUT2D eigenvalue weighted by atomic mass is 9.61. The number of hydrogen-bond acceptors (Lipinski definition) is 5. The standard InChI is InChI=1S/C20H19ClFN5O2/c21-15-8-25-19-18(27-15)11(6-24-19)13-5-14(12(22)7-23-13)26-17-10-3-1-9(2-4-10)16(17)20(28)29/h5-10,16-17H,1-4H2,(H,23,26)(H,24,25)(H,28,29). The van der Waals surface area contributed by atoms with Crippen LogP contribution in [0.25, 0.3) is 22.4 Å². The van der Waals surface area contributed by atoms with Crippen LogP contribution < -0.4 is 5.32 Å². The fourth-order valence-corrected chi connectivity index (χ4v) is 5.09. The van der Waals surface area contributed by atoms with E-state index in [2.05, 4.69) is 25.3 Å². The van der Waals surface area contributed by atoms with E-state index >= 15 is 0 Å². The molecule has 0 saturated heterocycles. The largest absolute Gasteiger partial charge is 0.481 e. The van der Waals surface area contributed by atoms with Crippen LogP contribution in [0.4, 0.5) is 10.1 Å². The number of carboxylic acids is 1.